The minimum atomic E-state index is -3.29. The molecule has 5 nitrogen and oxygen atoms in total. The number of hydrogen-bond acceptors (Lipinski definition) is 4. The molecule has 2 unspecified atom stereocenters. The summed E-state index contributed by atoms with van der Waals surface area (Å²) in [4.78, 5) is 14.0. The fourth-order valence-electron chi connectivity index (χ4n) is 3.42. The zero-order valence-corrected chi connectivity index (χ0v) is 14.3. The van der Waals surface area contributed by atoms with Crippen LogP contribution in [0.25, 0.3) is 0 Å². The Bertz CT molecular complexity index is 449. The van der Waals surface area contributed by atoms with Crippen LogP contribution in [0, 0.1) is 5.92 Å². The first-order valence-corrected chi connectivity index (χ1v) is 9.36. The van der Waals surface area contributed by atoms with Crippen LogP contribution in [0.3, 0.4) is 0 Å². The Hall–Kier alpha value is -0.330. The van der Waals surface area contributed by atoms with Gasteiger partial charge >= 0.3 is 0 Å². The molecule has 2 rings (SSSR count). The van der Waals surface area contributed by atoms with Gasteiger partial charge in [0.05, 0.1) is 5.25 Å². The fraction of sp³-hybridized carbons (Fsp3) is 0.929. The lowest BCUT2D eigenvalue weighted by molar-refractivity contribution is -0.132. The Morgan fingerprint density at radius 2 is 1.86 bits per heavy atom. The van der Waals surface area contributed by atoms with Gasteiger partial charge in [-0.05, 0) is 31.6 Å². The van der Waals surface area contributed by atoms with Crippen molar-refractivity contribution in [2.24, 2.45) is 11.7 Å². The van der Waals surface area contributed by atoms with Crippen molar-refractivity contribution in [3.63, 3.8) is 0 Å². The van der Waals surface area contributed by atoms with Crippen molar-refractivity contribution in [2.45, 2.75) is 56.7 Å². The number of carbonyl (C=O) groups is 1. The summed E-state index contributed by atoms with van der Waals surface area (Å²) in [5.41, 5.74) is 5.74. The maximum Gasteiger partial charge on any atom is 0.238 e. The summed E-state index contributed by atoms with van der Waals surface area (Å²) >= 11 is 0. The van der Waals surface area contributed by atoms with Gasteiger partial charge in [0.1, 0.15) is 5.75 Å². The van der Waals surface area contributed by atoms with Gasteiger partial charge < -0.3 is 10.6 Å². The maximum absolute atomic E-state index is 12.3. The molecule has 21 heavy (non-hydrogen) atoms. The number of carbonyl (C=O) groups excluding carboxylic acids is 1. The maximum atomic E-state index is 12.3. The minimum absolute atomic E-state index is 0. The Morgan fingerprint density at radius 1 is 1.24 bits per heavy atom. The molecule has 0 aromatic carbocycles. The van der Waals surface area contributed by atoms with Crippen LogP contribution < -0.4 is 5.73 Å². The predicted octanol–water partition coefficient (Wildman–Crippen LogP) is 1.35. The summed E-state index contributed by atoms with van der Waals surface area (Å²) in [5.74, 6) is -0.0268. The summed E-state index contributed by atoms with van der Waals surface area (Å²) in [7, 11) is -3.29. The number of piperidine rings is 1. The number of rotatable bonds is 4. The highest BCUT2D eigenvalue weighted by Gasteiger charge is 2.35. The van der Waals surface area contributed by atoms with Crippen LogP contribution in [-0.4, -0.2) is 49.4 Å². The quantitative estimate of drug-likeness (QED) is 0.839. The third kappa shape index (κ3) is 4.57. The number of hydrogen-bond donors (Lipinski definition) is 1. The Balaban J connectivity index is 0.00000220. The van der Waals surface area contributed by atoms with Crippen LogP contribution in [0.1, 0.15) is 45.4 Å². The average molecular weight is 339 g/mol. The molecule has 7 heteroatoms. The second kappa shape index (κ2) is 7.79. The molecule has 1 saturated carbocycles. The molecule has 0 bridgehead atoms. The van der Waals surface area contributed by atoms with Crippen LogP contribution in [0.2, 0.25) is 0 Å². The van der Waals surface area contributed by atoms with Crippen molar-refractivity contribution in [1.82, 2.24) is 4.90 Å². The average Bonchev–Trinajstić information content (AvgIpc) is 2.92. The van der Waals surface area contributed by atoms with Gasteiger partial charge in [-0.15, -0.1) is 12.4 Å². The van der Waals surface area contributed by atoms with Gasteiger partial charge in [0.25, 0.3) is 0 Å². The molecule has 1 saturated heterocycles. The van der Waals surface area contributed by atoms with Gasteiger partial charge in [-0.1, -0.05) is 19.8 Å². The lowest BCUT2D eigenvalue weighted by atomic mass is 9.92. The van der Waals surface area contributed by atoms with Gasteiger partial charge in [-0.3, -0.25) is 4.79 Å². The molecule has 0 radical (unpaired) electrons. The second-order valence-corrected chi connectivity index (χ2v) is 8.60. The first-order valence-electron chi connectivity index (χ1n) is 7.65. The third-order valence-corrected chi connectivity index (χ3v) is 6.84. The number of nitrogens with two attached hydrogens (primary N) is 1. The molecule has 2 N–H and O–H groups in total. The summed E-state index contributed by atoms with van der Waals surface area (Å²) in [6, 6.07) is 0.00466. The standard InChI is InChI=1S/C14H26N2O3S.ClH/c1-11-6-7-16(12(8-11)9-15)14(17)10-20(18,19)13-4-2-3-5-13;/h11-13H,2-10,15H2,1H3;1H. The smallest absolute Gasteiger partial charge is 0.238 e. The van der Waals surface area contributed by atoms with E-state index in [1.54, 1.807) is 4.90 Å². The molecule has 0 aromatic heterocycles. The van der Waals surface area contributed by atoms with Gasteiger partial charge in [-0.2, -0.15) is 0 Å². The molecule has 2 atom stereocenters. The SMILES string of the molecule is CC1CCN(C(=O)CS(=O)(=O)C2CCCC2)C(CN)C1.Cl. The number of likely N-dealkylation sites (tertiary alicyclic amines) is 1. The summed E-state index contributed by atoms with van der Waals surface area (Å²) < 4.78 is 24.5. The third-order valence-electron chi connectivity index (χ3n) is 4.71. The Labute approximate surface area is 134 Å². The van der Waals surface area contributed by atoms with E-state index >= 15 is 0 Å². The largest absolute Gasteiger partial charge is 0.338 e. The van der Waals surface area contributed by atoms with E-state index in [2.05, 4.69) is 6.92 Å². The van der Waals surface area contributed by atoms with E-state index in [9.17, 15) is 13.2 Å². The molecule has 2 fully saturated rings. The lowest BCUT2D eigenvalue weighted by Gasteiger charge is -2.38. The van der Waals surface area contributed by atoms with Gasteiger partial charge in [0.15, 0.2) is 9.84 Å². The van der Waals surface area contributed by atoms with E-state index in [1.807, 2.05) is 0 Å². The number of nitrogens with zero attached hydrogens (tertiary/aromatic N) is 1. The number of amides is 1. The molecule has 0 spiro atoms. The number of sulfone groups is 1. The molecule has 1 heterocycles. The van der Waals surface area contributed by atoms with Crippen molar-refractivity contribution in [1.29, 1.82) is 0 Å². The molecule has 2 aliphatic rings. The zero-order chi connectivity index (χ0) is 14.8. The predicted molar refractivity (Wildman–Crippen MR) is 86.2 cm³/mol. The molecule has 1 amide bonds. The van der Waals surface area contributed by atoms with Crippen molar-refractivity contribution in [3.8, 4) is 0 Å². The number of halogens is 1. The summed E-state index contributed by atoms with van der Waals surface area (Å²) in [6.45, 7) is 3.21. The van der Waals surface area contributed by atoms with Crippen molar-refractivity contribution < 1.29 is 13.2 Å². The summed E-state index contributed by atoms with van der Waals surface area (Å²) in [5, 5.41) is -0.300. The van der Waals surface area contributed by atoms with E-state index in [-0.39, 0.29) is 35.4 Å². The first-order chi connectivity index (χ1) is 9.44. The van der Waals surface area contributed by atoms with Gasteiger partial charge in [0, 0.05) is 19.1 Å². The van der Waals surface area contributed by atoms with E-state index in [1.165, 1.54) is 0 Å². The monoisotopic (exact) mass is 338 g/mol. The van der Waals surface area contributed by atoms with E-state index < -0.39 is 9.84 Å². The normalized spacial score (nSPS) is 27.4. The zero-order valence-electron chi connectivity index (χ0n) is 12.7. The molecule has 124 valence electrons. The highest BCUT2D eigenvalue weighted by Crippen LogP contribution is 2.27. The highest BCUT2D eigenvalue weighted by molar-refractivity contribution is 7.92. The first kappa shape index (κ1) is 18.7. The van der Waals surface area contributed by atoms with Crippen LogP contribution in [-0.2, 0) is 14.6 Å². The van der Waals surface area contributed by atoms with E-state index in [4.69, 9.17) is 5.73 Å². The van der Waals surface area contributed by atoms with Crippen LogP contribution >= 0.6 is 12.4 Å². The molecular weight excluding hydrogens is 312 g/mol. The fourth-order valence-corrected chi connectivity index (χ4v) is 5.22. The van der Waals surface area contributed by atoms with Crippen LogP contribution in [0.4, 0.5) is 0 Å². The van der Waals surface area contributed by atoms with Crippen molar-refractivity contribution in [2.75, 3.05) is 18.8 Å². The van der Waals surface area contributed by atoms with E-state index in [0.29, 0.717) is 31.8 Å². The van der Waals surface area contributed by atoms with Crippen molar-refractivity contribution in [3.05, 3.63) is 0 Å². The second-order valence-electron chi connectivity index (χ2n) is 6.32. The molecule has 1 aliphatic carbocycles. The minimum Gasteiger partial charge on any atom is -0.338 e. The van der Waals surface area contributed by atoms with Gasteiger partial charge in [-0.25, -0.2) is 8.42 Å². The topological polar surface area (TPSA) is 80.5 Å². The van der Waals surface area contributed by atoms with Crippen LogP contribution in [0.15, 0.2) is 0 Å². The van der Waals surface area contributed by atoms with Crippen LogP contribution in [0.5, 0.6) is 0 Å². The van der Waals surface area contributed by atoms with E-state index in [0.717, 1.165) is 25.7 Å². The molecular formula is C14H27ClN2O3S. The Kier molecular flexibility index (Phi) is 6.94. The molecule has 1 aliphatic heterocycles. The van der Waals surface area contributed by atoms with Crippen molar-refractivity contribution >= 4 is 28.2 Å². The van der Waals surface area contributed by atoms with Gasteiger partial charge in [0.2, 0.25) is 5.91 Å². The molecule has 0 aromatic rings. The lowest BCUT2D eigenvalue weighted by Crippen LogP contribution is -2.51. The highest BCUT2D eigenvalue weighted by atomic mass is 35.5. The summed E-state index contributed by atoms with van der Waals surface area (Å²) in [6.07, 6.45) is 5.17. The Morgan fingerprint density at radius 3 is 2.43 bits per heavy atom.